The number of esters is 1. The number of ether oxygens (including phenoxy) is 1. The fourth-order valence-corrected chi connectivity index (χ4v) is 1.85. The number of hydrogen-bond donors (Lipinski definition) is 2. The number of carbonyl (C=O) groups excluding carboxylic acids is 2. The Kier molecular flexibility index (Phi) is 4.05. The first-order valence-corrected chi connectivity index (χ1v) is 6.10. The first kappa shape index (κ1) is 14.1. The minimum atomic E-state index is -0.577. The summed E-state index contributed by atoms with van der Waals surface area (Å²) in [4.78, 5) is 23.8. The zero-order valence-electron chi connectivity index (χ0n) is 10.9. The molecule has 0 radical (unpaired) electrons. The lowest BCUT2D eigenvalue weighted by Crippen LogP contribution is -2.15. The summed E-state index contributed by atoms with van der Waals surface area (Å²) in [6.07, 6.45) is 1.42. The molecule has 1 amide bonds. The number of nitrogens with zero attached hydrogens (tertiary/aromatic N) is 1. The maximum Gasteiger partial charge on any atom is 0.340 e. The lowest BCUT2D eigenvalue weighted by molar-refractivity contribution is 0.0602. The molecule has 0 fully saturated rings. The summed E-state index contributed by atoms with van der Waals surface area (Å²) >= 11 is 5.84. The molecular formula is C13H12ClN3O3. The minimum absolute atomic E-state index is 0.189. The summed E-state index contributed by atoms with van der Waals surface area (Å²) in [5.41, 5.74) is 1.55. The van der Waals surface area contributed by atoms with E-state index in [1.807, 2.05) is 0 Å². The first-order valence-electron chi connectivity index (χ1n) is 5.72. The van der Waals surface area contributed by atoms with Gasteiger partial charge in [-0.15, -0.1) is 0 Å². The number of methoxy groups -OCH3 is 1. The summed E-state index contributed by atoms with van der Waals surface area (Å²) in [6.45, 7) is 1.73. The van der Waals surface area contributed by atoms with E-state index in [1.165, 1.54) is 19.4 Å². The predicted octanol–water partition coefficient (Wildman–Crippen LogP) is 2.41. The van der Waals surface area contributed by atoms with Gasteiger partial charge in [-0.1, -0.05) is 11.6 Å². The second-order valence-electron chi connectivity index (χ2n) is 4.04. The maximum absolute atomic E-state index is 12.1. The number of nitrogens with one attached hydrogen (secondary N) is 2. The molecule has 2 aromatic rings. The number of aromatic nitrogens is 2. The van der Waals surface area contributed by atoms with Gasteiger partial charge in [0, 0.05) is 10.7 Å². The van der Waals surface area contributed by atoms with Crippen LogP contribution in [0.1, 0.15) is 26.4 Å². The highest BCUT2D eigenvalue weighted by Crippen LogP contribution is 2.22. The summed E-state index contributed by atoms with van der Waals surface area (Å²) in [7, 11) is 1.26. The molecular weight excluding hydrogens is 282 g/mol. The number of hydrogen-bond acceptors (Lipinski definition) is 4. The zero-order chi connectivity index (χ0) is 14.7. The molecule has 0 saturated heterocycles. The van der Waals surface area contributed by atoms with Gasteiger partial charge in [0.05, 0.1) is 30.1 Å². The normalized spacial score (nSPS) is 10.2. The molecule has 2 N–H and O–H groups in total. The van der Waals surface area contributed by atoms with Gasteiger partial charge >= 0.3 is 5.97 Å². The van der Waals surface area contributed by atoms with Crippen molar-refractivity contribution in [2.24, 2.45) is 0 Å². The third kappa shape index (κ3) is 2.80. The highest BCUT2D eigenvalue weighted by atomic mass is 35.5. The highest BCUT2D eigenvalue weighted by Gasteiger charge is 2.17. The van der Waals surface area contributed by atoms with Gasteiger partial charge in [-0.25, -0.2) is 4.79 Å². The average Bonchev–Trinajstić information content (AvgIpc) is 2.86. The molecule has 7 heteroatoms. The van der Waals surface area contributed by atoms with Crippen molar-refractivity contribution in [1.82, 2.24) is 10.2 Å². The average molecular weight is 294 g/mol. The van der Waals surface area contributed by atoms with Crippen LogP contribution in [0, 0.1) is 6.92 Å². The number of benzene rings is 1. The number of H-pyrrole nitrogens is 1. The van der Waals surface area contributed by atoms with Crippen molar-refractivity contribution >= 4 is 29.2 Å². The summed E-state index contributed by atoms with van der Waals surface area (Å²) in [5, 5.41) is 9.46. The van der Waals surface area contributed by atoms with Crippen LogP contribution < -0.4 is 5.32 Å². The van der Waals surface area contributed by atoms with E-state index >= 15 is 0 Å². The molecule has 1 aromatic carbocycles. The number of amides is 1. The van der Waals surface area contributed by atoms with Crippen molar-refractivity contribution in [3.63, 3.8) is 0 Å². The third-order valence-electron chi connectivity index (χ3n) is 2.71. The van der Waals surface area contributed by atoms with Crippen molar-refractivity contribution < 1.29 is 14.3 Å². The van der Waals surface area contributed by atoms with Crippen LogP contribution in [0.25, 0.3) is 0 Å². The van der Waals surface area contributed by atoms with Gasteiger partial charge in [0.2, 0.25) is 0 Å². The van der Waals surface area contributed by atoms with Crippen LogP contribution in [0.15, 0.2) is 24.4 Å². The fourth-order valence-electron chi connectivity index (χ4n) is 1.67. The predicted molar refractivity (Wildman–Crippen MR) is 74.1 cm³/mol. The van der Waals surface area contributed by atoms with Gasteiger partial charge in [0.25, 0.3) is 5.91 Å². The molecule has 104 valence electrons. The monoisotopic (exact) mass is 293 g/mol. The largest absolute Gasteiger partial charge is 0.465 e. The molecule has 0 saturated carbocycles. The van der Waals surface area contributed by atoms with E-state index in [0.717, 1.165) is 0 Å². The molecule has 0 unspecified atom stereocenters. The summed E-state index contributed by atoms with van der Waals surface area (Å²) in [5.74, 6) is -0.949. The fraction of sp³-hybridized carbons (Fsp3) is 0.154. The lowest BCUT2D eigenvalue weighted by atomic mass is 10.1. The lowest BCUT2D eigenvalue weighted by Gasteiger charge is -2.09. The van der Waals surface area contributed by atoms with Crippen LogP contribution in [0.3, 0.4) is 0 Å². The highest BCUT2D eigenvalue weighted by molar-refractivity contribution is 6.31. The smallest absolute Gasteiger partial charge is 0.340 e. The number of carbonyl (C=O) groups is 2. The Morgan fingerprint density at radius 3 is 2.70 bits per heavy atom. The van der Waals surface area contributed by atoms with Gasteiger partial charge in [-0.05, 0) is 25.1 Å². The van der Waals surface area contributed by atoms with E-state index < -0.39 is 5.97 Å². The second-order valence-corrected chi connectivity index (χ2v) is 4.48. The van der Waals surface area contributed by atoms with Gasteiger partial charge in [-0.2, -0.15) is 5.10 Å². The molecule has 0 aliphatic rings. The van der Waals surface area contributed by atoms with Crippen LogP contribution >= 0.6 is 11.6 Å². The Bertz CT molecular complexity index is 667. The zero-order valence-corrected chi connectivity index (χ0v) is 11.6. The Morgan fingerprint density at radius 2 is 2.10 bits per heavy atom. The van der Waals surface area contributed by atoms with Crippen molar-refractivity contribution in [3.05, 3.63) is 46.2 Å². The molecule has 6 nitrogen and oxygen atoms in total. The second kappa shape index (κ2) is 5.75. The Morgan fingerprint density at radius 1 is 1.35 bits per heavy atom. The Balaban J connectivity index is 2.32. The molecule has 0 bridgehead atoms. The van der Waals surface area contributed by atoms with Crippen molar-refractivity contribution in [1.29, 1.82) is 0 Å². The van der Waals surface area contributed by atoms with Crippen LogP contribution in [0.5, 0.6) is 0 Å². The molecule has 0 spiro atoms. The standard InChI is InChI=1S/C13H12ClN3O3/c1-7-10(6-15-17-7)12(18)16-11-4-3-8(14)5-9(11)13(19)20-2/h3-6H,1-2H3,(H,15,17)(H,16,18). The van der Waals surface area contributed by atoms with Gasteiger partial charge < -0.3 is 10.1 Å². The number of rotatable bonds is 3. The van der Waals surface area contributed by atoms with Crippen LogP contribution in [-0.2, 0) is 4.74 Å². The van der Waals surface area contributed by atoms with E-state index in [4.69, 9.17) is 11.6 Å². The van der Waals surface area contributed by atoms with E-state index in [0.29, 0.717) is 22.0 Å². The first-order chi connectivity index (χ1) is 9.52. The molecule has 0 atom stereocenters. The van der Waals surface area contributed by atoms with Crippen molar-refractivity contribution in [2.45, 2.75) is 6.92 Å². The third-order valence-corrected chi connectivity index (χ3v) is 2.94. The van der Waals surface area contributed by atoms with Crippen LogP contribution in [-0.4, -0.2) is 29.2 Å². The number of aromatic amines is 1. The van der Waals surface area contributed by atoms with Crippen LogP contribution in [0.4, 0.5) is 5.69 Å². The molecule has 1 heterocycles. The Hall–Kier alpha value is -2.34. The van der Waals surface area contributed by atoms with E-state index in [-0.39, 0.29) is 11.5 Å². The van der Waals surface area contributed by atoms with Gasteiger partial charge in [-0.3, -0.25) is 9.89 Å². The summed E-state index contributed by atoms with van der Waals surface area (Å²) in [6, 6.07) is 4.55. The molecule has 1 aromatic heterocycles. The Labute approximate surface area is 120 Å². The molecule has 2 rings (SSSR count). The van der Waals surface area contributed by atoms with Gasteiger partial charge in [0.1, 0.15) is 0 Å². The maximum atomic E-state index is 12.1. The van der Waals surface area contributed by atoms with Crippen molar-refractivity contribution in [2.75, 3.05) is 12.4 Å². The van der Waals surface area contributed by atoms with E-state index in [9.17, 15) is 9.59 Å². The number of aryl methyl sites for hydroxylation is 1. The SMILES string of the molecule is COC(=O)c1cc(Cl)ccc1NC(=O)c1cn[nH]c1C. The minimum Gasteiger partial charge on any atom is -0.465 e. The van der Waals surface area contributed by atoms with E-state index in [2.05, 4.69) is 20.3 Å². The quantitative estimate of drug-likeness (QED) is 0.851. The molecule has 20 heavy (non-hydrogen) atoms. The van der Waals surface area contributed by atoms with Gasteiger partial charge in [0.15, 0.2) is 0 Å². The molecule has 0 aliphatic heterocycles. The number of halogens is 1. The molecule has 0 aliphatic carbocycles. The summed E-state index contributed by atoms with van der Waals surface area (Å²) < 4.78 is 4.66. The number of anilines is 1. The topological polar surface area (TPSA) is 84.1 Å². The van der Waals surface area contributed by atoms with E-state index in [1.54, 1.807) is 19.1 Å². The van der Waals surface area contributed by atoms with Crippen LogP contribution in [0.2, 0.25) is 5.02 Å². The van der Waals surface area contributed by atoms with Crippen molar-refractivity contribution in [3.8, 4) is 0 Å².